The Morgan fingerprint density at radius 1 is 1.50 bits per heavy atom. The van der Waals surface area contributed by atoms with E-state index >= 15 is 0 Å². The zero-order chi connectivity index (χ0) is 14.1. The lowest BCUT2D eigenvalue weighted by molar-refractivity contribution is 0.136. The molecule has 1 saturated heterocycles. The Kier molecular flexibility index (Phi) is 3.47. The maximum Gasteiger partial charge on any atom is 0.295 e. The smallest absolute Gasteiger partial charge is 0.295 e. The van der Waals surface area contributed by atoms with Crippen molar-refractivity contribution in [1.29, 1.82) is 0 Å². The molecule has 0 bridgehead atoms. The van der Waals surface area contributed by atoms with Gasteiger partial charge in [-0.2, -0.15) is 0 Å². The van der Waals surface area contributed by atoms with Crippen LogP contribution in [0.1, 0.15) is 25.6 Å². The zero-order valence-electron chi connectivity index (χ0n) is 11.1. The van der Waals surface area contributed by atoms with Crippen molar-refractivity contribution in [2.75, 3.05) is 18.4 Å². The van der Waals surface area contributed by atoms with E-state index < -0.39 is 6.43 Å². The molecule has 2 N–H and O–H groups in total. The molecule has 3 heterocycles. The van der Waals surface area contributed by atoms with Gasteiger partial charge in [0.05, 0.1) is 0 Å². The van der Waals surface area contributed by atoms with Gasteiger partial charge in [0, 0.05) is 19.1 Å². The van der Waals surface area contributed by atoms with Gasteiger partial charge in [-0.05, 0) is 19.9 Å². The molecule has 8 heteroatoms. The first-order valence-electron chi connectivity index (χ1n) is 6.67. The number of halogens is 2. The molecule has 108 valence electrons. The fourth-order valence-electron chi connectivity index (χ4n) is 2.51. The van der Waals surface area contributed by atoms with Gasteiger partial charge in [0.1, 0.15) is 6.33 Å². The number of imidazole rings is 1. The highest BCUT2D eigenvalue weighted by Crippen LogP contribution is 2.26. The van der Waals surface area contributed by atoms with Crippen LogP contribution >= 0.6 is 0 Å². The number of fused-ring (bicyclic) bond motifs is 1. The van der Waals surface area contributed by atoms with Crippen LogP contribution in [0.5, 0.6) is 0 Å². The van der Waals surface area contributed by atoms with E-state index in [1.807, 2.05) is 0 Å². The van der Waals surface area contributed by atoms with Crippen molar-refractivity contribution in [1.82, 2.24) is 24.8 Å². The van der Waals surface area contributed by atoms with Crippen LogP contribution in [-0.2, 0) is 6.54 Å². The number of anilines is 1. The molecule has 2 aromatic heterocycles. The van der Waals surface area contributed by atoms with Gasteiger partial charge < -0.3 is 15.2 Å². The summed E-state index contributed by atoms with van der Waals surface area (Å²) in [7, 11) is 0. The number of aryl methyl sites for hydroxylation is 1. The number of nitrogens with one attached hydrogen (secondary N) is 2. The maximum atomic E-state index is 13.0. The van der Waals surface area contributed by atoms with Crippen molar-refractivity contribution < 1.29 is 8.78 Å². The molecule has 0 radical (unpaired) electrons. The Morgan fingerprint density at radius 2 is 2.35 bits per heavy atom. The van der Waals surface area contributed by atoms with Crippen LogP contribution in [0.25, 0.3) is 11.2 Å². The summed E-state index contributed by atoms with van der Waals surface area (Å²) >= 11 is 0. The molecule has 1 fully saturated rings. The van der Waals surface area contributed by atoms with Gasteiger partial charge in [0.25, 0.3) is 6.43 Å². The Balaban J connectivity index is 2.04. The zero-order valence-corrected chi connectivity index (χ0v) is 11.1. The molecule has 0 aromatic carbocycles. The lowest BCUT2D eigenvalue weighted by atomic mass is 10.2. The van der Waals surface area contributed by atoms with E-state index in [1.165, 1.54) is 10.9 Å². The summed E-state index contributed by atoms with van der Waals surface area (Å²) in [6.45, 7) is 3.97. The first-order valence-corrected chi connectivity index (χ1v) is 6.67. The molecule has 3 rings (SSSR count). The standard InChI is InChI=1S/C12H16F2N6/c1-2-20-11-8(19-12(20)9(13)14)10(16-6-17-11)18-7-3-4-15-5-7/h6-7,9,15H,2-5H2,1H3,(H,16,17,18). The molecule has 2 aromatic rings. The molecule has 20 heavy (non-hydrogen) atoms. The fourth-order valence-corrected chi connectivity index (χ4v) is 2.51. The summed E-state index contributed by atoms with van der Waals surface area (Å²) in [4.78, 5) is 12.3. The Labute approximate surface area is 114 Å². The van der Waals surface area contributed by atoms with Crippen molar-refractivity contribution in [2.24, 2.45) is 0 Å². The second kappa shape index (κ2) is 5.28. The van der Waals surface area contributed by atoms with E-state index in [0.717, 1.165) is 19.5 Å². The fraction of sp³-hybridized carbons (Fsp3) is 0.583. The molecule has 1 atom stereocenters. The lowest BCUT2D eigenvalue weighted by Gasteiger charge is -2.11. The quantitative estimate of drug-likeness (QED) is 0.890. The second-order valence-electron chi connectivity index (χ2n) is 4.74. The number of rotatable bonds is 4. The molecular formula is C12H16F2N6. The van der Waals surface area contributed by atoms with Gasteiger partial charge in [-0.15, -0.1) is 0 Å². The summed E-state index contributed by atoms with van der Waals surface area (Å²) in [5, 5.41) is 6.49. The summed E-state index contributed by atoms with van der Waals surface area (Å²) in [5.41, 5.74) is 0.864. The lowest BCUT2D eigenvalue weighted by Crippen LogP contribution is -2.22. The van der Waals surface area contributed by atoms with Gasteiger partial charge in [-0.3, -0.25) is 0 Å². The molecular weight excluding hydrogens is 266 g/mol. The summed E-state index contributed by atoms with van der Waals surface area (Å²) in [6.07, 6.45) is -0.261. The van der Waals surface area contributed by atoms with Crippen LogP contribution in [0.4, 0.5) is 14.6 Å². The van der Waals surface area contributed by atoms with Gasteiger partial charge >= 0.3 is 0 Å². The van der Waals surface area contributed by atoms with Crippen molar-refractivity contribution >= 4 is 17.0 Å². The third-order valence-corrected chi connectivity index (χ3v) is 3.47. The highest BCUT2D eigenvalue weighted by molar-refractivity contribution is 5.83. The maximum absolute atomic E-state index is 13.0. The molecule has 0 amide bonds. The van der Waals surface area contributed by atoms with Crippen LogP contribution < -0.4 is 10.6 Å². The van der Waals surface area contributed by atoms with Crippen molar-refractivity contribution in [3.63, 3.8) is 0 Å². The van der Waals surface area contributed by atoms with Crippen LogP contribution in [0.15, 0.2) is 6.33 Å². The molecule has 1 unspecified atom stereocenters. The minimum atomic E-state index is -2.62. The summed E-state index contributed by atoms with van der Waals surface area (Å²) < 4.78 is 27.5. The van der Waals surface area contributed by atoms with Crippen LogP contribution in [0.3, 0.4) is 0 Å². The Hall–Kier alpha value is -1.83. The first kappa shape index (κ1) is 13.2. The Morgan fingerprint density at radius 3 is 3.00 bits per heavy atom. The van der Waals surface area contributed by atoms with Crippen LogP contribution in [-0.4, -0.2) is 38.7 Å². The molecule has 1 aliphatic rings. The Bertz CT molecular complexity index is 605. The number of hydrogen-bond donors (Lipinski definition) is 2. The number of aromatic nitrogens is 4. The van der Waals surface area contributed by atoms with Gasteiger partial charge in [0.2, 0.25) is 0 Å². The predicted molar refractivity (Wildman–Crippen MR) is 70.9 cm³/mol. The SMILES string of the molecule is CCn1c(C(F)F)nc2c(NC3CCNC3)ncnc21. The van der Waals surface area contributed by atoms with E-state index in [9.17, 15) is 8.78 Å². The van der Waals surface area contributed by atoms with Gasteiger partial charge in [-0.25, -0.2) is 23.7 Å². The molecule has 6 nitrogen and oxygen atoms in total. The van der Waals surface area contributed by atoms with E-state index in [-0.39, 0.29) is 11.9 Å². The van der Waals surface area contributed by atoms with E-state index in [0.29, 0.717) is 23.5 Å². The normalized spacial score (nSPS) is 19.1. The van der Waals surface area contributed by atoms with E-state index in [2.05, 4.69) is 25.6 Å². The molecule has 0 aliphatic carbocycles. The third kappa shape index (κ3) is 2.20. The summed E-state index contributed by atoms with van der Waals surface area (Å²) in [6, 6.07) is 0.245. The average Bonchev–Trinajstić information content (AvgIpc) is 3.05. The van der Waals surface area contributed by atoms with Crippen molar-refractivity contribution in [3.8, 4) is 0 Å². The van der Waals surface area contributed by atoms with E-state index in [4.69, 9.17) is 0 Å². The highest BCUT2D eigenvalue weighted by Gasteiger charge is 2.22. The number of nitrogens with zero attached hydrogens (tertiary/aromatic N) is 4. The molecule has 0 saturated carbocycles. The largest absolute Gasteiger partial charge is 0.364 e. The summed E-state index contributed by atoms with van der Waals surface area (Å²) in [5.74, 6) is 0.272. The molecule has 0 spiro atoms. The van der Waals surface area contributed by atoms with Crippen LogP contribution in [0.2, 0.25) is 0 Å². The topological polar surface area (TPSA) is 67.7 Å². The highest BCUT2D eigenvalue weighted by atomic mass is 19.3. The third-order valence-electron chi connectivity index (χ3n) is 3.47. The first-order chi connectivity index (χ1) is 9.70. The monoisotopic (exact) mass is 282 g/mol. The average molecular weight is 282 g/mol. The molecule has 1 aliphatic heterocycles. The van der Waals surface area contributed by atoms with Crippen molar-refractivity contribution in [3.05, 3.63) is 12.2 Å². The minimum Gasteiger partial charge on any atom is -0.364 e. The number of alkyl halides is 2. The second-order valence-corrected chi connectivity index (χ2v) is 4.74. The minimum absolute atomic E-state index is 0.245. The van der Waals surface area contributed by atoms with Gasteiger partial charge in [0.15, 0.2) is 22.8 Å². The number of hydrogen-bond acceptors (Lipinski definition) is 5. The van der Waals surface area contributed by atoms with Gasteiger partial charge in [-0.1, -0.05) is 0 Å². The van der Waals surface area contributed by atoms with Crippen LogP contribution in [0, 0.1) is 0 Å². The van der Waals surface area contributed by atoms with E-state index in [1.54, 1.807) is 6.92 Å². The van der Waals surface area contributed by atoms with Crippen molar-refractivity contribution in [2.45, 2.75) is 32.4 Å². The predicted octanol–water partition coefficient (Wildman–Crippen LogP) is 1.56.